The maximum absolute atomic E-state index is 4.38. The summed E-state index contributed by atoms with van der Waals surface area (Å²) < 4.78 is 2.01. The number of aromatic nitrogens is 2. The summed E-state index contributed by atoms with van der Waals surface area (Å²) in [7, 11) is 0. The monoisotopic (exact) mass is 285 g/mol. The number of rotatable bonds is 8. The Kier molecular flexibility index (Phi) is 6.00. The molecular weight excluding hydrogens is 258 g/mol. The van der Waals surface area contributed by atoms with Crippen molar-refractivity contribution in [1.82, 2.24) is 15.1 Å². The third kappa shape index (κ3) is 5.01. The van der Waals surface area contributed by atoms with Crippen LogP contribution in [0.5, 0.6) is 0 Å². The SMILES string of the molecule is CCNCC(Cc1ccc(C)cc1)Cc1cnn(CC)c1. The van der Waals surface area contributed by atoms with Gasteiger partial charge in [0.25, 0.3) is 0 Å². The predicted octanol–water partition coefficient (Wildman–Crippen LogP) is 3.22. The number of aryl methyl sites for hydroxylation is 2. The summed E-state index contributed by atoms with van der Waals surface area (Å²) in [6, 6.07) is 8.91. The van der Waals surface area contributed by atoms with Crippen LogP contribution in [0.4, 0.5) is 0 Å². The van der Waals surface area contributed by atoms with Crippen molar-refractivity contribution in [2.45, 2.75) is 40.2 Å². The Morgan fingerprint density at radius 2 is 1.81 bits per heavy atom. The van der Waals surface area contributed by atoms with Crippen LogP contribution in [-0.4, -0.2) is 22.9 Å². The van der Waals surface area contributed by atoms with Gasteiger partial charge in [-0.25, -0.2) is 0 Å². The zero-order valence-electron chi connectivity index (χ0n) is 13.5. The van der Waals surface area contributed by atoms with E-state index in [2.05, 4.69) is 61.6 Å². The van der Waals surface area contributed by atoms with Gasteiger partial charge in [-0.2, -0.15) is 5.10 Å². The summed E-state index contributed by atoms with van der Waals surface area (Å²) in [6.45, 7) is 9.45. The van der Waals surface area contributed by atoms with Gasteiger partial charge in [0.2, 0.25) is 0 Å². The van der Waals surface area contributed by atoms with Gasteiger partial charge in [-0.1, -0.05) is 36.8 Å². The largest absolute Gasteiger partial charge is 0.317 e. The minimum absolute atomic E-state index is 0.613. The molecule has 0 saturated carbocycles. The van der Waals surface area contributed by atoms with Crippen LogP contribution in [0, 0.1) is 12.8 Å². The third-order valence-corrected chi connectivity index (χ3v) is 3.86. The summed E-state index contributed by atoms with van der Waals surface area (Å²) in [5.41, 5.74) is 4.09. The molecule has 0 saturated heterocycles. The van der Waals surface area contributed by atoms with Gasteiger partial charge in [0.05, 0.1) is 6.20 Å². The molecule has 1 atom stereocenters. The van der Waals surface area contributed by atoms with E-state index in [4.69, 9.17) is 0 Å². The molecule has 3 nitrogen and oxygen atoms in total. The normalized spacial score (nSPS) is 12.5. The molecule has 1 unspecified atom stereocenters. The van der Waals surface area contributed by atoms with Crippen molar-refractivity contribution in [3.8, 4) is 0 Å². The summed E-state index contributed by atoms with van der Waals surface area (Å²) in [6.07, 6.45) is 6.39. The van der Waals surface area contributed by atoms with Crippen molar-refractivity contribution in [1.29, 1.82) is 0 Å². The molecule has 0 radical (unpaired) electrons. The highest BCUT2D eigenvalue weighted by atomic mass is 15.3. The molecule has 1 heterocycles. The topological polar surface area (TPSA) is 29.9 Å². The van der Waals surface area contributed by atoms with Crippen LogP contribution in [0.2, 0.25) is 0 Å². The quantitative estimate of drug-likeness (QED) is 0.807. The maximum atomic E-state index is 4.38. The number of hydrogen-bond donors (Lipinski definition) is 1. The first-order valence-corrected chi connectivity index (χ1v) is 7.98. The molecule has 1 aromatic carbocycles. The van der Waals surface area contributed by atoms with Crippen LogP contribution < -0.4 is 5.32 Å². The Balaban J connectivity index is 2.01. The van der Waals surface area contributed by atoms with Gasteiger partial charge in [-0.05, 0) is 56.8 Å². The number of nitrogens with one attached hydrogen (secondary N) is 1. The minimum atomic E-state index is 0.613. The molecule has 0 aliphatic carbocycles. The van der Waals surface area contributed by atoms with Gasteiger partial charge < -0.3 is 5.32 Å². The van der Waals surface area contributed by atoms with Gasteiger partial charge >= 0.3 is 0 Å². The van der Waals surface area contributed by atoms with Crippen molar-refractivity contribution in [3.05, 3.63) is 53.3 Å². The second-order valence-corrected chi connectivity index (χ2v) is 5.77. The Labute approximate surface area is 128 Å². The molecular formula is C18H27N3. The molecule has 0 bridgehead atoms. The first-order valence-electron chi connectivity index (χ1n) is 7.98. The standard InChI is InChI=1S/C18H27N3/c1-4-19-12-17(10-16-8-6-15(3)7-9-16)11-18-13-20-21(5-2)14-18/h6-9,13-14,17,19H,4-5,10-12H2,1-3H3. The molecule has 0 aliphatic rings. The first kappa shape index (κ1) is 15.8. The Bertz CT molecular complexity index is 528. The second kappa shape index (κ2) is 7.99. The van der Waals surface area contributed by atoms with Crippen molar-refractivity contribution in [2.75, 3.05) is 13.1 Å². The molecule has 3 heteroatoms. The molecule has 0 fully saturated rings. The molecule has 21 heavy (non-hydrogen) atoms. The van der Waals surface area contributed by atoms with Gasteiger partial charge in [-0.3, -0.25) is 4.68 Å². The van der Waals surface area contributed by atoms with Gasteiger partial charge in [0, 0.05) is 12.7 Å². The van der Waals surface area contributed by atoms with Gasteiger partial charge in [0.15, 0.2) is 0 Å². The molecule has 0 aliphatic heterocycles. The maximum Gasteiger partial charge on any atom is 0.0521 e. The smallest absolute Gasteiger partial charge is 0.0521 e. The molecule has 1 aromatic heterocycles. The highest BCUT2D eigenvalue weighted by Crippen LogP contribution is 2.15. The highest BCUT2D eigenvalue weighted by Gasteiger charge is 2.12. The molecule has 0 spiro atoms. The number of nitrogens with zero attached hydrogens (tertiary/aromatic N) is 2. The second-order valence-electron chi connectivity index (χ2n) is 5.77. The molecule has 114 valence electrons. The Morgan fingerprint density at radius 1 is 1.10 bits per heavy atom. The zero-order valence-corrected chi connectivity index (χ0v) is 13.5. The fourth-order valence-electron chi connectivity index (χ4n) is 2.64. The predicted molar refractivity (Wildman–Crippen MR) is 88.5 cm³/mol. The summed E-state index contributed by atoms with van der Waals surface area (Å²) in [4.78, 5) is 0. The average Bonchev–Trinajstić information content (AvgIpc) is 2.95. The number of hydrogen-bond acceptors (Lipinski definition) is 2. The lowest BCUT2D eigenvalue weighted by molar-refractivity contribution is 0.478. The van der Waals surface area contributed by atoms with Crippen LogP contribution in [-0.2, 0) is 19.4 Å². The van der Waals surface area contributed by atoms with Gasteiger partial charge in [0.1, 0.15) is 0 Å². The van der Waals surface area contributed by atoms with Crippen LogP contribution in [0.25, 0.3) is 0 Å². The van der Waals surface area contributed by atoms with Crippen LogP contribution in [0.3, 0.4) is 0 Å². The Morgan fingerprint density at radius 3 is 2.43 bits per heavy atom. The van der Waals surface area contributed by atoms with Crippen molar-refractivity contribution in [3.63, 3.8) is 0 Å². The van der Waals surface area contributed by atoms with E-state index in [0.29, 0.717) is 5.92 Å². The van der Waals surface area contributed by atoms with E-state index < -0.39 is 0 Å². The van der Waals surface area contributed by atoms with Crippen LogP contribution >= 0.6 is 0 Å². The molecule has 0 amide bonds. The van der Waals surface area contributed by atoms with Gasteiger partial charge in [-0.15, -0.1) is 0 Å². The summed E-state index contributed by atoms with van der Waals surface area (Å²) in [5, 5.41) is 7.88. The number of benzene rings is 1. The third-order valence-electron chi connectivity index (χ3n) is 3.86. The zero-order chi connectivity index (χ0) is 15.1. The van der Waals surface area contributed by atoms with E-state index in [0.717, 1.165) is 32.5 Å². The van der Waals surface area contributed by atoms with E-state index in [-0.39, 0.29) is 0 Å². The van der Waals surface area contributed by atoms with Crippen LogP contribution in [0.1, 0.15) is 30.5 Å². The summed E-state index contributed by atoms with van der Waals surface area (Å²) >= 11 is 0. The van der Waals surface area contributed by atoms with E-state index in [1.165, 1.54) is 16.7 Å². The van der Waals surface area contributed by atoms with E-state index in [1.54, 1.807) is 0 Å². The molecule has 2 aromatic rings. The summed E-state index contributed by atoms with van der Waals surface area (Å²) in [5.74, 6) is 0.613. The van der Waals surface area contributed by atoms with E-state index in [9.17, 15) is 0 Å². The average molecular weight is 285 g/mol. The molecule has 1 N–H and O–H groups in total. The van der Waals surface area contributed by atoms with Crippen LogP contribution in [0.15, 0.2) is 36.7 Å². The van der Waals surface area contributed by atoms with Crippen molar-refractivity contribution >= 4 is 0 Å². The van der Waals surface area contributed by atoms with Crippen molar-refractivity contribution in [2.24, 2.45) is 5.92 Å². The molecule has 2 rings (SSSR count). The minimum Gasteiger partial charge on any atom is -0.317 e. The highest BCUT2D eigenvalue weighted by molar-refractivity contribution is 5.22. The fourth-order valence-corrected chi connectivity index (χ4v) is 2.64. The lowest BCUT2D eigenvalue weighted by Gasteiger charge is -2.17. The van der Waals surface area contributed by atoms with Crippen molar-refractivity contribution < 1.29 is 0 Å². The Hall–Kier alpha value is -1.61. The fraction of sp³-hybridized carbons (Fsp3) is 0.500. The van der Waals surface area contributed by atoms with E-state index in [1.807, 2.05) is 10.9 Å². The lowest BCUT2D eigenvalue weighted by Crippen LogP contribution is -2.25. The first-order chi connectivity index (χ1) is 10.2. The lowest BCUT2D eigenvalue weighted by atomic mass is 9.93. The van der Waals surface area contributed by atoms with E-state index >= 15 is 0 Å².